The molecule has 0 bridgehead atoms. The molecular weight excluding hydrogens is 362 g/mol. The number of methoxy groups -OCH3 is 2. The number of aromatic nitrogens is 2. The maximum absolute atomic E-state index is 13.6. The lowest BCUT2D eigenvalue weighted by molar-refractivity contribution is -0.141. The minimum atomic E-state index is -3.96. The zero-order valence-corrected chi connectivity index (χ0v) is 14.6. The van der Waals surface area contributed by atoms with Gasteiger partial charge in [-0.25, -0.2) is 4.98 Å². The molecule has 150 valence electrons. The molecule has 9 nitrogen and oxygen atoms in total. The van der Waals surface area contributed by atoms with Crippen molar-refractivity contribution in [3.05, 3.63) is 12.1 Å². The van der Waals surface area contributed by atoms with E-state index in [9.17, 15) is 4.79 Å². The topological polar surface area (TPSA) is 103 Å². The maximum atomic E-state index is 13.6. The highest BCUT2D eigenvalue weighted by atomic mass is 16.5. The molecule has 0 saturated carbocycles. The number of benzene rings is 1. The predicted molar refractivity (Wildman–Crippen MR) is 105 cm³/mol. The van der Waals surface area contributed by atoms with Gasteiger partial charge in [-0.3, -0.25) is 4.79 Å². The average Bonchev–Trinajstić information content (AvgIpc) is 2.99. The molecule has 0 aliphatic carbocycles. The van der Waals surface area contributed by atoms with Crippen LogP contribution < -0.4 is 20.1 Å². The van der Waals surface area contributed by atoms with Crippen molar-refractivity contribution in [2.24, 2.45) is 0 Å². The zero-order valence-electron chi connectivity index (χ0n) is 30.6. The first-order chi connectivity index (χ1) is 19.7. The van der Waals surface area contributed by atoms with Crippen molar-refractivity contribution in [3.63, 3.8) is 0 Å². The quantitative estimate of drug-likeness (QED) is 0.808. The average molecular weight is 404 g/mol. The summed E-state index contributed by atoms with van der Waals surface area (Å²) >= 11 is 0. The van der Waals surface area contributed by atoms with E-state index in [1.165, 1.54) is 7.11 Å². The third kappa shape index (κ3) is 3.37. The number of hydrogen-bond acceptors (Lipinski definition) is 8. The first-order valence-electron chi connectivity index (χ1n) is 15.7. The van der Waals surface area contributed by atoms with E-state index in [2.05, 4.69) is 14.7 Å². The van der Waals surface area contributed by atoms with Gasteiger partial charge in [-0.05, 0) is 18.8 Å². The molecular formula is C19H25N5O4. The normalized spacial score (nSPS) is 40.9. The second-order valence-corrected chi connectivity index (χ2v) is 5.27. The van der Waals surface area contributed by atoms with Gasteiger partial charge in [0.05, 0.1) is 36.2 Å². The smallest absolute Gasteiger partial charge is 0.251 e. The summed E-state index contributed by atoms with van der Waals surface area (Å²) in [5.41, 5.74) is 5.48. The molecule has 2 aliphatic heterocycles. The second kappa shape index (κ2) is 7.67. The summed E-state index contributed by atoms with van der Waals surface area (Å²) in [6.45, 7) is -19.1. The monoisotopic (exact) mass is 403 g/mol. The molecule has 0 spiro atoms. The molecule has 1 aromatic carbocycles. The second-order valence-electron chi connectivity index (χ2n) is 5.27. The van der Waals surface area contributed by atoms with Crippen molar-refractivity contribution in [2.75, 3.05) is 57.4 Å². The largest absolute Gasteiger partial charge is 0.493 e. The summed E-state index contributed by atoms with van der Waals surface area (Å²) in [6, 6.07) is -1.06. The Hall–Kier alpha value is -2.81. The molecule has 1 atom stereocenters. The number of fused-ring (bicyclic) bond motifs is 1. The van der Waals surface area contributed by atoms with Gasteiger partial charge >= 0.3 is 0 Å². The van der Waals surface area contributed by atoms with Crippen LogP contribution >= 0.6 is 0 Å². The number of carbonyl (C=O) groups excluding carboxylic acids is 1. The van der Waals surface area contributed by atoms with Crippen molar-refractivity contribution in [2.45, 2.75) is 18.8 Å². The fraction of sp³-hybridized carbons (Fsp3) is 0.526. The molecule has 2 N–H and O–H groups in total. The van der Waals surface area contributed by atoms with E-state index >= 15 is 0 Å². The van der Waals surface area contributed by atoms with Crippen LogP contribution in [0.3, 0.4) is 0 Å². The zero-order chi connectivity index (χ0) is 34.0. The Kier molecular flexibility index (Phi) is 2.07. The lowest BCUT2D eigenvalue weighted by Gasteiger charge is -2.35. The fourth-order valence-electron chi connectivity index (χ4n) is 2.31. The van der Waals surface area contributed by atoms with Crippen LogP contribution in [-0.2, 0) is 9.53 Å². The summed E-state index contributed by atoms with van der Waals surface area (Å²) in [6.07, 6.45) is -9.98. The summed E-state index contributed by atoms with van der Waals surface area (Å²) in [7, 11) is 2.31. The molecule has 1 unspecified atom stereocenters. The Labute approximate surface area is 185 Å². The van der Waals surface area contributed by atoms with Crippen LogP contribution in [-0.4, -0.2) is 73.6 Å². The predicted octanol–water partition coefficient (Wildman–Crippen LogP) is 1.06. The van der Waals surface area contributed by atoms with Crippen LogP contribution in [0.25, 0.3) is 10.9 Å². The summed E-state index contributed by atoms with van der Waals surface area (Å²) in [5.74, 6) is -4.48. The van der Waals surface area contributed by atoms with Crippen molar-refractivity contribution < 1.29 is 40.9 Å². The van der Waals surface area contributed by atoms with Gasteiger partial charge in [0.2, 0.25) is 5.95 Å². The highest BCUT2D eigenvalue weighted by molar-refractivity contribution is 5.91. The number of carbonyl (C=O) groups is 1. The van der Waals surface area contributed by atoms with E-state index in [0.717, 1.165) is 7.11 Å². The SMILES string of the molecule is [2H]c1c(OC)c(OC)c([2H])c2c(N)nc(N3C([2H])([2H])C([2H])([2H])N(C(=O)C4OC([2H])([2H])C([2H])([2H])C4([2H])[2H])C([2H])([2H])C3([2H])[2H])nc12. The van der Waals surface area contributed by atoms with Gasteiger partial charge in [0.25, 0.3) is 5.91 Å². The minimum absolute atomic E-state index is 0.206. The molecule has 0 radical (unpaired) electrons. The maximum Gasteiger partial charge on any atom is 0.251 e. The Balaban J connectivity index is 1.96. The fourth-order valence-corrected chi connectivity index (χ4v) is 2.31. The molecule has 9 heteroatoms. The molecule has 1 aromatic heterocycles. The van der Waals surface area contributed by atoms with Crippen LogP contribution in [0, 0.1) is 0 Å². The number of nitrogen functional groups attached to an aromatic ring is 1. The van der Waals surface area contributed by atoms with Gasteiger partial charge in [0.1, 0.15) is 11.9 Å². The molecule has 2 saturated heterocycles. The third-order valence-electron chi connectivity index (χ3n) is 3.63. The van der Waals surface area contributed by atoms with Gasteiger partial charge in [-0.2, -0.15) is 4.98 Å². The standard InChI is InChI=1S/C19H25N5O4/c1-26-15-10-12-13(11-16(15)27-2)21-19(22-17(12)20)24-7-5-23(6-8-24)18(25)14-4-3-9-28-14/h10-11,14H,3-9H2,1-2H3,(H2,20,21,22)/i3D2,4D2,5D2,6D2,7D2,8D2,9D2,10D,11D. The molecule has 1 amide bonds. The number of anilines is 2. The van der Waals surface area contributed by atoms with E-state index in [-0.39, 0.29) is 21.8 Å². The Bertz CT molecular complexity index is 1530. The van der Waals surface area contributed by atoms with Crippen LogP contribution in [0.4, 0.5) is 11.8 Å². The minimum Gasteiger partial charge on any atom is -0.493 e. The van der Waals surface area contributed by atoms with E-state index in [4.69, 9.17) is 37.1 Å². The van der Waals surface area contributed by atoms with Crippen LogP contribution in [0.15, 0.2) is 12.1 Å². The van der Waals surface area contributed by atoms with Crippen LogP contribution in [0.1, 0.15) is 34.7 Å². The number of piperazine rings is 1. The summed E-state index contributed by atoms with van der Waals surface area (Å²) in [5, 5.41) is -0.318. The van der Waals surface area contributed by atoms with Gasteiger partial charge in [-0.15, -0.1) is 0 Å². The molecule has 2 aromatic rings. The van der Waals surface area contributed by atoms with E-state index in [1.54, 1.807) is 0 Å². The van der Waals surface area contributed by atoms with Crippen molar-refractivity contribution >= 4 is 28.6 Å². The van der Waals surface area contributed by atoms with Gasteiger partial charge in [-0.1, -0.05) is 0 Å². The van der Waals surface area contributed by atoms with E-state index in [0.29, 0.717) is 0 Å². The van der Waals surface area contributed by atoms with Gasteiger partial charge < -0.3 is 29.7 Å². The van der Waals surface area contributed by atoms with E-state index < -0.39 is 91.6 Å². The Morgan fingerprint density at radius 1 is 1.25 bits per heavy atom. The molecule has 4 rings (SSSR count). The molecule has 28 heavy (non-hydrogen) atoms. The van der Waals surface area contributed by atoms with Crippen molar-refractivity contribution in [1.29, 1.82) is 0 Å². The van der Waals surface area contributed by atoms with Crippen LogP contribution in [0.2, 0.25) is 0 Å². The number of hydrogen-bond donors (Lipinski definition) is 1. The highest BCUT2D eigenvalue weighted by Gasteiger charge is 2.31. The molecule has 3 heterocycles. The first kappa shape index (κ1) is 7.55. The first-order valence-corrected chi connectivity index (χ1v) is 7.72. The van der Waals surface area contributed by atoms with E-state index in [1.807, 2.05) is 0 Å². The number of amides is 1. The molecule has 2 fully saturated rings. The lowest BCUT2D eigenvalue weighted by atomic mass is 10.2. The molecule has 2 aliphatic rings. The summed E-state index contributed by atoms with van der Waals surface area (Å²) in [4.78, 5) is 20.4. The van der Waals surface area contributed by atoms with Crippen molar-refractivity contribution in [3.8, 4) is 11.5 Å². The summed E-state index contributed by atoms with van der Waals surface area (Å²) < 4.78 is 147. The number of nitrogens with two attached hydrogens (primary N) is 1. The van der Waals surface area contributed by atoms with Gasteiger partial charge in [0, 0.05) is 49.5 Å². The number of rotatable bonds is 4. The lowest BCUT2D eigenvalue weighted by Crippen LogP contribution is -2.51. The highest BCUT2D eigenvalue weighted by Crippen LogP contribution is 2.34. The number of ether oxygens (including phenoxy) is 3. The van der Waals surface area contributed by atoms with Crippen LogP contribution in [0.5, 0.6) is 11.5 Å². The Morgan fingerprint density at radius 3 is 2.61 bits per heavy atom. The van der Waals surface area contributed by atoms with Crippen molar-refractivity contribution in [1.82, 2.24) is 14.9 Å². The number of nitrogens with zero attached hydrogens (tertiary/aromatic N) is 4. The van der Waals surface area contributed by atoms with Gasteiger partial charge in [0.15, 0.2) is 11.5 Å². The third-order valence-corrected chi connectivity index (χ3v) is 3.63. The Morgan fingerprint density at radius 2 is 1.96 bits per heavy atom.